The Kier molecular flexibility index (Phi) is 3.59. The van der Waals surface area contributed by atoms with Crippen molar-refractivity contribution in [3.8, 4) is 0 Å². The molecule has 100 valence electrons. The van der Waals surface area contributed by atoms with Crippen molar-refractivity contribution in [1.82, 2.24) is 0 Å². The zero-order valence-corrected chi connectivity index (χ0v) is 11.4. The molecule has 18 heavy (non-hydrogen) atoms. The molecule has 2 aliphatic rings. The molecule has 1 aliphatic heterocycles. The highest BCUT2D eigenvalue weighted by atomic mass is 31.3. The van der Waals surface area contributed by atoms with Crippen molar-refractivity contribution in [1.29, 1.82) is 0 Å². The zero-order valence-electron chi connectivity index (χ0n) is 8.72. The predicted molar refractivity (Wildman–Crippen MR) is 63.8 cm³/mol. The van der Waals surface area contributed by atoms with E-state index in [1.807, 2.05) is 4.52 Å². The monoisotopic (exact) mass is 321 g/mol. The molecule has 0 amide bonds. The summed E-state index contributed by atoms with van der Waals surface area (Å²) in [5.74, 6) is 0. The Bertz CT molecular complexity index is 623. The van der Waals surface area contributed by atoms with Crippen molar-refractivity contribution < 1.29 is 21.0 Å². The normalized spacial score (nSPS) is 31.3. The second-order valence-electron chi connectivity index (χ2n) is 3.49. The van der Waals surface area contributed by atoms with Gasteiger partial charge in [-0.25, -0.2) is 0 Å². The number of nitrogens with zero attached hydrogens (tertiary/aromatic N) is 3. The zero-order chi connectivity index (χ0) is 13.4. The summed E-state index contributed by atoms with van der Waals surface area (Å²) in [5.41, 5.74) is 3.28. The third kappa shape index (κ3) is 3.55. The first-order valence-corrected chi connectivity index (χ1v) is 9.43. The molecule has 1 heterocycles. The molecule has 0 saturated carbocycles. The Morgan fingerprint density at radius 3 is 2.22 bits per heavy atom. The van der Waals surface area contributed by atoms with E-state index in [-0.39, 0.29) is 6.42 Å². The van der Waals surface area contributed by atoms with Gasteiger partial charge in [-0.1, -0.05) is 12.2 Å². The molecule has 0 aromatic carbocycles. The van der Waals surface area contributed by atoms with E-state index in [1.54, 1.807) is 18.2 Å². The third-order valence-corrected chi connectivity index (χ3v) is 8.46. The van der Waals surface area contributed by atoms with E-state index in [0.29, 0.717) is 5.57 Å². The minimum atomic E-state index is -5.57. The Labute approximate surface area is 100 Å². The molecule has 1 atom stereocenters. The first-order valence-electron chi connectivity index (χ1n) is 4.71. The van der Waals surface area contributed by atoms with Gasteiger partial charge in [-0.15, -0.1) is 27.0 Å². The second-order valence-corrected chi connectivity index (χ2v) is 9.19. The molecule has 11 heteroatoms. The molecular weight excluding hydrogens is 314 g/mol. The Morgan fingerprint density at radius 2 is 1.67 bits per heavy atom. The van der Waals surface area contributed by atoms with Crippen LogP contribution in [0.4, 0.5) is 21.0 Å². The van der Waals surface area contributed by atoms with Crippen LogP contribution < -0.4 is 0 Å². The molecule has 0 bridgehead atoms. The summed E-state index contributed by atoms with van der Waals surface area (Å²) in [7, 11) is -15.6. The van der Waals surface area contributed by atoms with Gasteiger partial charge in [0.25, 0.3) is 7.52 Å². The molecule has 0 N–H and O–H groups in total. The van der Waals surface area contributed by atoms with Crippen LogP contribution in [0.25, 0.3) is 0 Å². The van der Waals surface area contributed by atoms with E-state index < -0.39 is 29.3 Å². The lowest BCUT2D eigenvalue weighted by atomic mass is 10.2. The van der Waals surface area contributed by atoms with Crippen LogP contribution in [-0.2, 0) is 0 Å². The maximum absolute atomic E-state index is 14.0. The smallest absolute Gasteiger partial charge is 0.183 e. The van der Waals surface area contributed by atoms with Crippen molar-refractivity contribution >= 4 is 23.2 Å². The highest BCUT2D eigenvalue weighted by Crippen LogP contribution is 2.81. The van der Waals surface area contributed by atoms with Gasteiger partial charge in [0.15, 0.2) is 0 Å². The minimum absolute atomic E-state index is 0.00424. The van der Waals surface area contributed by atoms with Gasteiger partial charge < -0.3 is 0 Å². The summed E-state index contributed by atoms with van der Waals surface area (Å²) in [6.07, 6.45) is 4.25. The van der Waals surface area contributed by atoms with Crippen molar-refractivity contribution in [2.24, 2.45) is 13.5 Å². The summed E-state index contributed by atoms with van der Waals surface area (Å²) < 4.78 is 72.7. The number of halogens is 5. The first kappa shape index (κ1) is 14.0. The van der Waals surface area contributed by atoms with Crippen LogP contribution in [0.5, 0.6) is 0 Å². The Balaban J connectivity index is 2.29. The van der Waals surface area contributed by atoms with E-state index >= 15 is 0 Å². The Morgan fingerprint density at radius 1 is 1.00 bits per heavy atom. The maximum Gasteiger partial charge on any atom is 0.423 e. The molecule has 1 unspecified atom stereocenters. The van der Waals surface area contributed by atoms with E-state index in [9.17, 15) is 21.0 Å². The molecule has 0 aromatic heterocycles. The summed E-state index contributed by atoms with van der Waals surface area (Å²) in [5, 5.41) is 0. The van der Waals surface area contributed by atoms with Crippen LogP contribution in [0.2, 0.25) is 0 Å². The summed E-state index contributed by atoms with van der Waals surface area (Å²) in [6, 6.07) is 0. The van der Waals surface area contributed by atoms with Crippen LogP contribution in [0, 0.1) is 0 Å². The van der Waals surface area contributed by atoms with Crippen LogP contribution >= 0.6 is 23.2 Å². The topological polar surface area (TPSA) is 37.1 Å². The van der Waals surface area contributed by atoms with E-state index in [0.717, 1.165) is 0 Å². The minimum Gasteiger partial charge on any atom is -0.183 e. The lowest BCUT2D eigenvalue weighted by molar-refractivity contribution is 0.696. The van der Waals surface area contributed by atoms with Gasteiger partial charge in [-0.05, 0) is 18.1 Å². The van der Waals surface area contributed by atoms with E-state index in [2.05, 4.69) is 14.8 Å². The summed E-state index contributed by atoms with van der Waals surface area (Å²) >= 11 is 0. The molecule has 2 rings (SSSR count). The summed E-state index contributed by atoms with van der Waals surface area (Å²) in [4.78, 5) is 0. The molecule has 0 saturated heterocycles. The largest absolute Gasteiger partial charge is 0.423 e. The highest BCUT2D eigenvalue weighted by molar-refractivity contribution is 7.79. The average Bonchev–Trinajstić information content (AvgIpc) is 2.60. The SMILES string of the molecule is FP1(F)=NP(F)(F)=NP(F)(CCC2=C=CC=C2)=N1. The van der Waals surface area contributed by atoms with Gasteiger partial charge in [0.2, 0.25) is 0 Å². The van der Waals surface area contributed by atoms with Gasteiger partial charge >= 0.3 is 15.7 Å². The number of allylic oxidation sites excluding steroid dienone is 3. The number of rotatable bonds is 3. The highest BCUT2D eigenvalue weighted by Gasteiger charge is 2.38. The van der Waals surface area contributed by atoms with Gasteiger partial charge in [0.1, 0.15) is 0 Å². The predicted octanol–water partition coefficient (Wildman–Crippen LogP) is 6.81. The molecule has 0 aromatic rings. The number of hydrogen-bond donors (Lipinski definition) is 0. The molecule has 0 fully saturated rings. The fraction of sp³-hybridized carbons (Fsp3) is 0.286. The summed E-state index contributed by atoms with van der Waals surface area (Å²) in [6.45, 7) is 0. The van der Waals surface area contributed by atoms with Gasteiger partial charge in [0, 0.05) is 6.16 Å². The molecule has 3 nitrogen and oxygen atoms in total. The maximum atomic E-state index is 14.0. The van der Waals surface area contributed by atoms with Crippen molar-refractivity contribution in [2.75, 3.05) is 6.16 Å². The average molecular weight is 321 g/mol. The molecule has 1 aliphatic carbocycles. The van der Waals surface area contributed by atoms with Gasteiger partial charge in [0.05, 0.1) is 0 Å². The first-order chi connectivity index (χ1) is 8.20. The fourth-order valence-electron chi connectivity index (χ4n) is 1.39. The standard InChI is InChI=1S/C7H7F5N3P3/c8-16(6-5-7-3-1-2-4-7)13-17(9,10)15-18(11,12)14-16/h1-3H,5-6H2. The van der Waals surface area contributed by atoms with E-state index in [4.69, 9.17) is 0 Å². The third-order valence-electron chi connectivity index (χ3n) is 2.03. The van der Waals surface area contributed by atoms with Crippen molar-refractivity contribution in [2.45, 2.75) is 6.42 Å². The fourth-order valence-corrected chi connectivity index (χ4v) is 7.70. The van der Waals surface area contributed by atoms with E-state index in [1.165, 1.54) is 0 Å². The van der Waals surface area contributed by atoms with Gasteiger partial charge in [-0.3, -0.25) is 0 Å². The lowest BCUT2D eigenvalue weighted by Crippen LogP contribution is -1.86. The van der Waals surface area contributed by atoms with Crippen LogP contribution in [-0.4, -0.2) is 6.16 Å². The van der Waals surface area contributed by atoms with Crippen molar-refractivity contribution in [3.05, 3.63) is 29.5 Å². The molecule has 0 radical (unpaired) electrons. The molecule has 0 spiro atoms. The van der Waals surface area contributed by atoms with Gasteiger partial charge in [-0.2, -0.15) is 13.2 Å². The lowest BCUT2D eigenvalue weighted by Gasteiger charge is -2.16. The quantitative estimate of drug-likeness (QED) is 0.311. The molecular formula is C7H7F5N3P3. The van der Waals surface area contributed by atoms with Crippen LogP contribution in [0.3, 0.4) is 0 Å². The van der Waals surface area contributed by atoms with Crippen molar-refractivity contribution in [3.63, 3.8) is 0 Å². The second kappa shape index (κ2) is 4.61. The number of hydrogen-bond acceptors (Lipinski definition) is 3. The Hall–Kier alpha value is -0.400. The van der Waals surface area contributed by atoms with Crippen LogP contribution in [0.1, 0.15) is 6.42 Å². The van der Waals surface area contributed by atoms with Crippen LogP contribution in [0.15, 0.2) is 43.1 Å².